The fraction of sp³-hybridized carbons (Fsp3) is 0.462. The number of benzene rings is 1. The van der Waals surface area contributed by atoms with E-state index in [1.165, 1.54) is 0 Å². The summed E-state index contributed by atoms with van der Waals surface area (Å²) in [5.41, 5.74) is 4.85. The molecule has 100 valence electrons. The second-order valence-corrected chi connectivity index (χ2v) is 6.23. The first kappa shape index (κ1) is 15.0. The standard InChI is InChI=1S/C13H19BrN2O2/c1-12(2,13(3,4)18)16-11(17)9-7-8(15)5-6-10(9)14/h5-7,18H,15H2,1-4H3,(H,16,17). The largest absolute Gasteiger partial charge is 0.399 e. The Bertz CT molecular complexity index is 465. The van der Waals surface area contributed by atoms with E-state index < -0.39 is 11.1 Å². The number of amides is 1. The summed E-state index contributed by atoms with van der Waals surface area (Å²) in [6.07, 6.45) is 0. The number of nitrogens with two attached hydrogens (primary N) is 1. The Labute approximate surface area is 116 Å². The van der Waals surface area contributed by atoms with E-state index in [0.29, 0.717) is 15.7 Å². The van der Waals surface area contributed by atoms with Crippen LogP contribution in [0.3, 0.4) is 0 Å². The normalized spacial score (nSPS) is 12.3. The van der Waals surface area contributed by atoms with Crippen molar-refractivity contribution >= 4 is 27.5 Å². The molecule has 5 heteroatoms. The number of rotatable bonds is 3. The highest BCUT2D eigenvalue weighted by atomic mass is 79.9. The molecule has 0 spiro atoms. The van der Waals surface area contributed by atoms with E-state index in [0.717, 1.165) is 0 Å². The predicted molar refractivity (Wildman–Crippen MR) is 76.4 cm³/mol. The molecule has 4 N–H and O–H groups in total. The summed E-state index contributed by atoms with van der Waals surface area (Å²) in [4.78, 5) is 12.2. The van der Waals surface area contributed by atoms with Crippen LogP contribution in [0, 0.1) is 0 Å². The van der Waals surface area contributed by atoms with Gasteiger partial charge in [0.15, 0.2) is 0 Å². The zero-order valence-electron chi connectivity index (χ0n) is 11.0. The Hall–Kier alpha value is -1.07. The van der Waals surface area contributed by atoms with Crippen molar-refractivity contribution in [1.29, 1.82) is 0 Å². The van der Waals surface area contributed by atoms with Crippen molar-refractivity contribution in [3.8, 4) is 0 Å². The maximum Gasteiger partial charge on any atom is 0.253 e. The van der Waals surface area contributed by atoms with Crippen molar-refractivity contribution in [2.45, 2.75) is 38.8 Å². The van der Waals surface area contributed by atoms with Gasteiger partial charge < -0.3 is 16.2 Å². The third-order valence-electron chi connectivity index (χ3n) is 3.19. The summed E-state index contributed by atoms with van der Waals surface area (Å²) in [5.74, 6) is -0.277. The third-order valence-corrected chi connectivity index (χ3v) is 3.88. The van der Waals surface area contributed by atoms with Gasteiger partial charge in [-0.15, -0.1) is 0 Å². The van der Waals surface area contributed by atoms with E-state index in [2.05, 4.69) is 21.2 Å². The molecule has 0 saturated carbocycles. The van der Waals surface area contributed by atoms with Gasteiger partial charge in [0.1, 0.15) is 0 Å². The zero-order chi connectivity index (χ0) is 14.1. The van der Waals surface area contributed by atoms with Crippen molar-refractivity contribution in [2.75, 3.05) is 5.73 Å². The molecule has 0 aromatic heterocycles. The van der Waals surface area contributed by atoms with Crippen molar-refractivity contribution in [2.24, 2.45) is 0 Å². The number of hydrogen-bond donors (Lipinski definition) is 3. The van der Waals surface area contributed by atoms with Crippen LogP contribution < -0.4 is 11.1 Å². The average molecular weight is 315 g/mol. The van der Waals surface area contributed by atoms with E-state index >= 15 is 0 Å². The van der Waals surface area contributed by atoms with E-state index in [-0.39, 0.29) is 5.91 Å². The SMILES string of the molecule is CC(C)(O)C(C)(C)NC(=O)c1cc(N)ccc1Br. The highest BCUT2D eigenvalue weighted by molar-refractivity contribution is 9.10. The summed E-state index contributed by atoms with van der Waals surface area (Å²) in [6, 6.07) is 5.03. The molecule has 0 fully saturated rings. The average Bonchev–Trinajstić information content (AvgIpc) is 2.19. The molecule has 1 aromatic carbocycles. The third kappa shape index (κ3) is 3.23. The van der Waals surface area contributed by atoms with Crippen LogP contribution in [0.15, 0.2) is 22.7 Å². The van der Waals surface area contributed by atoms with Crippen molar-refractivity contribution in [3.05, 3.63) is 28.2 Å². The smallest absolute Gasteiger partial charge is 0.253 e. The first-order valence-corrected chi connectivity index (χ1v) is 6.44. The predicted octanol–water partition coefficient (Wildman–Crippen LogP) is 2.31. The molecule has 1 amide bonds. The Kier molecular flexibility index (Phi) is 4.08. The van der Waals surface area contributed by atoms with Gasteiger partial charge in [-0.2, -0.15) is 0 Å². The molecule has 0 aliphatic heterocycles. The molecule has 1 aromatic rings. The van der Waals surface area contributed by atoms with Crippen LogP contribution in [-0.4, -0.2) is 22.2 Å². The number of carbonyl (C=O) groups is 1. The summed E-state index contributed by atoms with van der Waals surface area (Å²) in [7, 11) is 0. The van der Waals surface area contributed by atoms with Gasteiger partial charge in [0.25, 0.3) is 5.91 Å². The highest BCUT2D eigenvalue weighted by Crippen LogP contribution is 2.24. The summed E-state index contributed by atoms with van der Waals surface area (Å²) < 4.78 is 0.667. The van der Waals surface area contributed by atoms with E-state index in [1.807, 2.05) is 0 Å². The monoisotopic (exact) mass is 314 g/mol. The minimum absolute atomic E-state index is 0.277. The first-order chi connectivity index (χ1) is 8.04. The Morgan fingerprint density at radius 3 is 2.39 bits per heavy atom. The second-order valence-electron chi connectivity index (χ2n) is 5.38. The lowest BCUT2D eigenvalue weighted by atomic mass is 9.85. The van der Waals surface area contributed by atoms with Crippen LogP contribution in [-0.2, 0) is 0 Å². The Morgan fingerprint density at radius 2 is 1.89 bits per heavy atom. The maximum absolute atomic E-state index is 12.2. The molecule has 18 heavy (non-hydrogen) atoms. The number of carbonyl (C=O) groups excluding carboxylic acids is 1. The fourth-order valence-electron chi connectivity index (χ4n) is 1.22. The number of nitrogens with one attached hydrogen (secondary N) is 1. The van der Waals surface area contributed by atoms with Crippen molar-refractivity contribution < 1.29 is 9.90 Å². The number of halogens is 1. The lowest BCUT2D eigenvalue weighted by Crippen LogP contribution is -2.57. The van der Waals surface area contributed by atoms with Gasteiger partial charge in [-0.1, -0.05) is 0 Å². The van der Waals surface area contributed by atoms with Crippen LogP contribution in [0.4, 0.5) is 5.69 Å². The molecule has 0 bridgehead atoms. The van der Waals surface area contributed by atoms with E-state index in [1.54, 1.807) is 45.9 Å². The van der Waals surface area contributed by atoms with Gasteiger partial charge in [0.2, 0.25) is 0 Å². The first-order valence-electron chi connectivity index (χ1n) is 5.64. The van der Waals surface area contributed by atoms with Gasteiger partial charge in [-0.25, -0.2) is 0 Å². The summed E-state index contributed by atoms with van der Waals surface area (Å²) in [5, 5.41) is 12.8. The molecule has 0 radical (unpaired) electrons. The molecule has 0 aliphatic carbocycles. The van der Waals surface area contributed by atoms with Gasteiger partial charge in [0.05, 0.1) is 16.7 Å². The molecule has 1 rings (SSSR count). The van der Waals surface area contributed by atoms with E-state index in [4.69, 9.17) is 5.73 Å². The van der Waals surface area contributed by atoms with Gasteiger partial charge in [0, 0.05) is 10.2 Å². The molecule has 0 saturated heterocycles. The van der Waals surface area contributed by atoms with Crippen LogP contribution >= 0.6 is 15.9 Å². The van der Waals surface area contributed by atoms with Crippen molar-refractivity contribution in [3.63, 3.8) is 0 Å². The lowest BCUT2D eigenvalue weighted by molar-refractivity contribution is -0.00294. The second kappa shape index (κ2) is 4.90. The maximum atomic E-state index is 12.2. The molecule has 0 heterocycles. The summed E-state index contributed by atoms with van der Waals surface area (Å²) >= 11 is 3.31. The van der Waals surface area contributed by atoms with Crippen LogP contribution in [0.1, 0.15) is 38.1 Å². The topological polar surface area (TPSA) is 75.3 Å². The summed E-state index contributed by atoms with van der Waals surface area (Å²) in [6.45, 7) is 6.85. The Morgan fingerprint density at radius 1 is 1.33 bits per heavy atom. The minimum Gasteiger partial charge on any atom is -0.399 e. The Balaban J connectivity index is 3.00. The number of nitrogen functional groups attached to an aromatic ring is 1. The lowest BCUT2D eigenvalue weighted by Gasteiger charge is -2.38. The van der Waals surface area contributed by atoms with Gasteiger partial charge in [-0.3, -0.25) is 4.79 Å². The molecule has 0 unspecified atom stereocenters. The minimum atomic E-state index is -1.03. The zero-order valence-corrected chi connectivity index (χ0v) is 12.6. The highest BCUT2D eigenvalue weighted by Gasteiger charge is 2.36. The molecule has 0 aliphatic rings. The van der Waals surface area contributed by atoms with Crippen LogP contribution in [0.2, 0.25) is 0 Å². The fourth-order valence-corrected chi connectivity index (χ4v) is 1.65. The van der Waals surface area contributed by atoms with Gasteiger partial charge >= 0.3 is 0 Å². The van der Waals surface area contributed by atoms with Crippen LogP contribution in [0.25, 0.3) is 0 Å². The molecule has 0 atom stereocenters. The molecule has 4 nitrogen and oxygen atoms in total. The quantitative estimate of drug-likeness (QED) is 0.749. The number of anilines is 1. The molecular formula is C13H19BrN2O2. The van der Waals surface area contributed by atoms with E-state index in [9.17, 15) is 9.90 Å². The number of aliphatic hydroxyl groups is 1. The van der Waals surface area contributed by atoms with Crippen molar-refractivity contribution in [1.82, 2.24) is 5.32 Å². The number of hydrogen-bond acceptors (Lipinski definition) is 3. The molecular weight excluding hydrogens is 296 g/mol. The van der Waals surface area contributed by atoms with Crippen LogP contribution in [0.5, 0.6) is 0 Å². The van der Waals surface area contributed by atoms with Gasteiger partial charge in [-0.05, 0) is 61.8 Å².